The van der Waals surface area contributed by atoms with Gasteiger partial charge >= 0.3 is 0 Å². The van der Waals surface area contributed by atoms with E-state index in [-0.39, 0.29) is 10.8 Å². The maximum Gasteiger partial charge on any atom is 0.158 e. The summed E-state index contributed by atoms with van der Waals surface area (Å²) in [5.74, 6) is 1.39. The van der Waals surface area contributed by atoms with E-state index < -0.39 is 0 Å². The maximum absolute atomic E-state index is 11.0. The minimum Gasteiger partial charge on any atom is -0.507 e. The molecule has 0 spiro atoms. The number of benzene rings is 1. The summed E-state index contributed by atoms with van der Waals surface area (Å²) in [5.41, 5.74) is 4.43. The molecule has 0 bridgehead atoms. The summed E-state index contributed by atoms with van der Waals surface area (Å²) in [6.45, 7) is 13.6. The Labute approximate surface area is 172 Å². The fraction of sp³-hybridized carbons (Fsp3) is 0.478. The molecule has 28 heavy (non-hydrogen) atoms. The second kappa shape index (κ2) is 7.43. The highest BCUT2D eigenvalue weighted by Crippen LogP contribution is 2.42. The minimum absolute atomic E-state index is 0.171. The molecule has 0 saturated carbocycles. The smallest absolute Gasteiger partial charge is 0.158 e. The van der Waals surface area contributed by atoms with Crippen molar-refractivity contribution in [2.75, 3.05) is 12.0 Å². The molecule has 0 aliphatic heterocycles. The summed E-state index contributed by atoms with van der Waals surface area (Å²) in [6, 6.07) is 8.24. The number of aromatic hydroxyl groups is 1. The molecule has 0 aliphatic carbocycles. The Morgan fingerprint density at radius 1 is 1.04 bits per heavy atom. The average molecular weight is 398 g/mol. The summed E-state index contributed by atoms with van der Waals surface area (Å²) in [5, 5.41) is 17.0. The number of nitrogens with zero attached hydrogens (tertiary/aromatic N) is 3. The summed E-state index contributed by atoms with van der Waals surface area (Å²) in [7, 11) is 0. The lowest BCUT2D eigenvalue weighted by Gasteiger charge is -2.28. The van der Waals surface area contributed by atoms with Crippen molar-refractivity contribution >= 4 is 22.8 Å². The summed E-state index contributed by atoms with van der Waals surface area (Å²) >= 11 is 1.80. The zero-order valence-electron chi connectivity index (χ0n) is 18.0. The van der Waals surface area contributed by atoms with Crippen molar-refractivity contribution < 1.29 is 5.11 Å². The Morgan fingerprint density at radius 2 is 1.64 bits per heavy atom. The molecule has 0 saturated heterocycles. The predicted molar refractivity (Wildman–Crippen MR) is 120 cm³/mol. The molecule has 0 atom stereocenters. The molecule has 3 rings (SSSR count). The highest BCUT2D eigenvalue weighted by molar-refractivity contribution is 7.98. The first-order valence-corrected chi connectivity index (χ1v) is 11.1. The second-order valence-corrected chi connectivity index (χ2v) is 10.3. The van der Waals surface area contributed by atoms with Gasteiger partial charge in [0, 0.05) is 34.0 Å². The molecular formula is C23H31N3OS. The van der Waals surface area contributed by atoms with E-state index in [1.165, 1.54) is 0 Å². The largest absolute Gasteiger partial charge is 0.507 e. The van der Waals surface area contributed by atoms with Gasteiger partial charge in [-0.25, -0.2) is 9.67 Å². The van der Waals surface area contributed by atoms with Crippen LogP contribution in [-0.4, -0.2) is 31.9 Å². The van der Waals surface area contributed by atoms with E-state index in [1.807, 2.05) is 16.9 Å². The number of fused-ring (bicyclic) bond motifs is 1. The van der Waals surface area contributed by atoms with Crippen molar-refractivity contribution in [3.8, 4) is 17.0 Å². The van der Waals surface area contributed by atoms with Crippen LogP contribution in [0.5, 0.6) is 5.75 Å². The van der Waals surface area contributed by atoms with Crippen LogP contribution in [0.15, 0.2) is 30.5 Å². The van der Waals surface area contributed by atoms with Crippen molar-refractivity contribution in [1.29, 1.82) is 0 Å². The van der Waals surface area contributed by atoms with Crippen LogP contribution in [0.2, 0.25) is 0 Å². The standard InChI is InChI=1S/C23H31N3OS/c1-22(2,3)17-13-15(14-18(20(17)27)23(4,5)6)19-16-9-8-10-24-21(16)26(25-19)11-12-28-7/h8-10,13-14,27H,11-12H2,1-7H3. The molecule has 3 aromatic rings. The van der Waals surface area contributed by atoms with E-state index in [2.05, 4.69) is 71.0 Å². The third kappa shape index (κ3) is 3.90. The lowest BCUT2D eigenvalue weighted by Crippen LogP contribution is -2.17. The average Bonchev–Trinajstić information content (AvgIpc) is 2.97. The fourth-order valence-electron chi connectivity index (χ4n) is 3.47. The number of hydrogen-bond acceptors (Lipinski definition) is 4. The van der Waals surface area contributed by atoms with Gasteiger partial charge in [-0.3, -0.25) is 0 Å². The Morgan fingerprint density at radius 3 is 2.18 bits per heavy atom. The molecule has 2 heterocycles. The van der Waals surface area contributed by atoms with Crippen LogP contribution >= 0.6 is 11.8 Å². The number of aromatic nitrogens is 3. The van der Waals surface area contributed by atoms with Crippen molar-refractivity contribution in [2.45, 2.75) is 58.9 Å². The second-order valence-electron chi connectivity index (χ2n) is 9.36. The summed E-state index contributed by atoms with van der Waals surface area (Å²) < 4.78 is 2.00. The molecule has 5 heteroatoms. The third-order valence-electron chi connectivity index (χ3n) is 5.01. The van der Waals surface area contributed by atoms with Crippen molar-refractivity contribution in [3.05, 3.63) is 41.6 Å². The Balaban J connectivity index is 2.30. The topological polar surface area (TPSA) is 50.9 Å². The quantitative estimate of drug-likeness (QED) is 0.608. The molecule has 2 aromatic heterocycles. The van der Waals surface area contributed by atoms with Crippen LogP contribution in [0.25, 0.3) is 22.3 Å². The number of aryl methyl sites for hydroxylation is 1. The number of phenols is 1. The predicted octanol–water partition coefficient (Wildman–Crippen LogP) is 5.76. The molecule has 1 N–H and O–H groups in total. The monoisotopic (exact) mass is 397 g/mol. The number of phenolic OH excluding ortho intramolecular Hbond substituents is 1. The van der Waals surface area contributed by atoms with Gasteiger partial charge in [-0.1, -0.05) is 41.5 Å². The van der Waals surface area contributed by atoms with Crippen molar-refractivity contribution in [3.63, 3.8) is 0 Å². The molecule has 0 unspecified atom stereocenters. The third-order valence-corrected chi connectivity index (χ3v) is 5.60. The molecule has 150 valence electrons. The van der Waals surface area contributed by atoms with Gasteiger partial charge in [0.1, 0.15) is 11.4 Å². The first kappa shape index (κ1) is 20.7. The molecule has 1 aromatic carbocycles. The summed E-state index contributed by atoms with van der Waals surface area (Å²) in [6.07, 6.45) is 3.92. The number of pyridine rings is 1. The molecule has 0 fully saturated rings. The fourth-order valence-corrected chi connectivity index (χ4v) is 3.83. The van der Waals surface area contributed by atoms with Gasteiger partial charge in [0.25, 0.3) is 0 Å². The van der Waals surface area contributed by atoms with Crippen molar-refractivity contribution in [1.82, 2.24) is 14.8 Å². The van der Waals surface area contributed by atoms with Crippen molar-refractivity contribution in [2.24, 2.45) is 0 Å². The number of hydrogen-bond donors (Lipinski definition) is 1. The highest BCUT2D eigenvalue weighted by atomic mass is 32.2. The van der Waals surface area contributed by atoms with E-state index >= 15 is 0 Å². The van der Waals surface area contributed by atoms with Gasteiger partial charge in [0.2, 0.25) is 0 Å². The lowest BCUT2D eigenvalue weighted by atomic mass is 9.78. The molecule has 0 amide bonds. The Kier molecular flexibility index (Phi) is 5.50. The van der Waals surface area contributed by atoms with Crippen LogP contribution in [0, 0.1) is 0 Å². The van der Waals surface area contributed by atoms with Gasteiger partial charge in [-0.15, -0.1) is 0 Å². The van der Waals surface area contributed by atoms with Crippen LogP contribution in [0.4, 0.5) is 0 Å². The van der Waals surface area contributed by atoms with E-state index in [0.29, 0.717) is 5.75 Å². The van der Waals surface area contributed by atoms with Gasteiger partial charge in [-0.05, 0) is 41.4 Å². The molecule has 0 radical (unpaired) electrons. The zero-order valence-corrected chi connectivity index (χ0v) is 18.8. The van der Waals surface area contributed by atoms with Gasteiger partial charge < -0.3 is 5.11 Å². The maximum atomic E-state index is 11.0. The lowest BCUT2D eigenvalue weighted by molar-refractivity contribution is 0.423. The Hall–Kier alpha value is -2.01. The first-order valence-electron chi connectivity index (χ1n) is 9.73. The van der Waals surface area contributed by atoms with E-state index in [1.54, 1.807) is 11.8 Å². The van der Waals surface area contributed by atoms with Gasteiger partial charge in [0.15, 0.2) is 5.65 Å². The minimum atomic E-state index is -0.171. The summed E-state index contributed by atoms with van der Waals surface area (Å²) in [4.78, 5) is 4.58. The number of thioether (sulfide) groups is 1. The van der Waals surface area contributed by atoms with E-state index in [4.69, 9.17) is 5.10 Å². The van der Waals surface area contributed by atoms with E-state index in [9.17, 15) is 5.11 Å². The highest BCUT2D eigenvalue weighted by Gasteiger charge is 2.28. The van der Waals surface area contributed by atoms with Gasteiger partial charge in [0.05, 0.1) is 6.54 Å². The van der Waals surface area contributed by atoms with Gasteiger partial charge in [-0.2, -0.15) is 16.9 Å². The normalized spacial score (nSPS) is 12.7. The molecule has 0 aliphatic rings. The van der Waals surface area contributed by atoms with Crippen LogP contribution < -0.4 is 0 Å². The zero-order chi connectivity index (χ0) is 20.7. The SMILES string of the molecule is CSCCn1nc(-c2cc(C(C)(C)C)c(O)c(C(C)(C)C)c2)c2cccnc21. The first-order chi connectivity index (χ1) is 13.0. The Bertz CT molecular complexity index is 958. The van der Waals surface area contributed by atoms with Crippen LogP contribution in [0.3, 0.4) is 0 Å². The molecular weight excluding hydrogens is 366 g/mol. The number of rotatable bonds is 4. The van der Waals surface area contributed by atoms with Crippen LogP contribution in [-0.2, 0) is 17.4 Å². The van der Waals surface area contributed by atoms with E-state index in [0.717, 1.165) is 45.7 Å². The van der Waals surface area contributed by atoms with Crippen LogP contribution in [0.1, 0.15) is 52.7 Å². The molecule has 4 nitrogen and oxygen atoms in total.